The molecule has 6 nitrogen and oxygen atoms in total. The summed E-state index contributed by atoms with van der Waals surface area (Å²) >= 11 is 0. The van der Waals surface area contributed by atoms with E-state index in [-0.39, 0.29) is 18.8 Å². The molecular weight excluding hydrogens is 348 g/mol. The minimum absolute atomic E-state index is 0.0322. The molecule has 2 aliphatic rings. The zero-order valence-electron chi connectivity index (χ0n) is 16.2. The van der Waals surface area contributed by atoms with Crippen molar-refractivity contribution < 1.29 is 28.9 Å². The fourth-order valence-electron chi connectivity index (χ4n) is 3.41. The van der Waals surface area contributed by atoms with Gasteiger partial charge in [-0.3, -0.25) is 0 Å². The van der Waals surface area contributed by atoms with Crippen molar-refractivity contribution >= 4 is 11.9 Å². The number of esters is 2. The number of hydrogen-bond acceptors (Lipinski definition) is 6. The van der Waals surface area contributed by atoms with Gasteiger partial charge in [-0.1, -0.05) is 23.8 Å². The summed E-state index contributed by atoms with van der Waals surface area (Å²) in [6.45, 7) is 7.60. The van der Waals surface area contributed by atoms with Gasteiger partial charge in [-0.05, 0) is 38.8 Å². The molecule has 0 bridgehead atoms. The number of aliphatic hydroxyl groups excluding tert-OH is 1. The Morgan fingerprint density at radius 3 is 2.81 bits per heavy atom. The second-order valence-electron chi connectivity index (χ2n) is 7.02. The van der Waals surface area contributed by atoms with Gasteiger partial charge in [0.2, 0.25) is 0 Å². The van der Waals surface area contributed by atoms with E-state index in [1.807, 2.05) is 19.9 Å². The molecule has 1 N–H and O–H groups in total. The molecule has 1 aliphatic heterocycles. The van der Waals surface area contributed by atoms with Gasteiger partial charge in [-0.25, -0.2) is 9.59 Å². The number of fused-ring (bicyclic) bond motifs is 1. The lowest BCUT2D eigenvalue weighted by Gasteiger charge is -2.27. The second kappa shape index (κ2) is 9.67. The zero-order valence-corrected chi connectivity index (χ0v) is 16.2. The SMILES string of the molecule is C=C1C(=O)OC2C=C(C)CCC=C(C)CC(OC(=O)C(=CCO)COC)C12. The van der Waals surface area contributed by atoms with Crippen molar-refractivity contribution in [1.82, 2.24) is 0 Å². The predicted octanol–water partition coefficient (Wildman–Crippen LogP) is 2.64. The minimum atomic E-state index is -0.598. The van der Waals surface area contributed by atoms with E-state index in [0.717, 1.165) is 24.0 Å². The first-order valence-corrected chi connectivity index (χ1v) is 9.09. The molecular formula is C21H28O6. The standard InChI is InChI=1S/C21H28O6/c1-13-6-5-7-14(2)11-18(19-15(3)20(23)26-17(19)10-13)27-21(24)16(8-9-22)12-25-4/h7-8,10,17-19,22H,3,5-6,9,11-12H2,1-2,4H3. The number of aliphatic hydroxyl groups is 1. The van der Waals surface area contributed by atoms with E-state index in [1.54, 1.807) is 0 Å². The van der Waals surface area contributed by atoms with Crippen LogP contribution in [0.1, 0.15) is 33.1 Å². The summed E-state index contributed by atoms with van der Waals surface area (Å²) in [7, 11) is 1.46. The molecule has 1 heterocycles. The van der Waals surface area contributed by atoms with E-state index in [9.17, 15) is 9.59 Å². The van der Waals surface area contributed by atoms with Crippen molar-refractivity contribution in [3.63, 3.8) is 0 Å². The molecule has 3 unspecified atom stereocenters. The Morgan fingerprint density at radius 1 is 1.41 bits per heavy atom. The molecule has 0 saturated carbocycles. The van der Waals surface area contributed by atoms with Crippen LogP contribution in [0.15, 0.2) is 47.1 Å². The monoisotopic (exact) mass is 376 g/mol. The third-order valence-electron chi connectivity index (χ3n) is 4.82. The van der Waals surface area contributed by atoms with Crippen LogP contribution in [0.3, 0.4) is 0 Å². The molecule has 1 saturated heterocycles. The van der Waals surface area contributed by atoms with Gasteiger partial charge in [0.05, 0.1) is 24.7 Å². The first-order valence-electron chi connectivity index (χ1n) is 9.09. The van der Waals surface area contributed by atoms with Crippen LogP contribution in [0.2, 0.25) is 0 Å². The number of methoxy groups -OCH3 is 1. The van der Waals surface area contributed by atoms with E-state index in [0.29, 0.717) is 12.0 Å². The molecule has 0 amide bonds. The minimum Gasteiger partial charge on any atom is -0.458 e. The average Bonchev–Trinajstić information content (AvgIpc) is 2.87. The Hall–Kier alpha value is -2.18. The molecule has 148 valence electrons. The van der Waals surface area contributed by atoms with Gasteiger partial charge in [0.1, 0.15) is 12.2 Å². The molecule has 1 fully saturated rings. The van der Waals surface area contributed by atoms with Gasteiger partial charge >= 0.3 is 11.9 Å². The van der Waals surface area contributed by atoms with Crippen LogP contribution in [0.5, 0.6) is 0 Å². The fraction of sp³-hybridized carbons (Fsp3) is 0.524. The van der Waals surface area contributed by atoms with Gasteiger partial charge in [-0.2, -0.15) is 0 Å². The van der Waals surface area contributed by atoms with Crippen molar-refractivity contribution in [2.24, 2.45) is 5.92 Å². The molecule has 0 aromatic carbocycles. The fourth-order valence-corrected chi connectivity index (χ4v) is 3.41. The molecule has 0 radical (unpaired) electrons. The molecule has 6 heteroatoms. The lowest BCUT2D eigenvalue weighted by molar-refractivity contribution is -0.147. The maximum absolute atomic E-state index is 12.6. The van der Waals surface area contributed by atoms with Crippen LogP contribution < -0.4 is 0 Å². The highest BCUT2D eigenvalue weighted by Gasteiger charge is 2.44. The van der Waals surface area contributed by atoms with Crippen LogP contribution in [-0.4, -0.2) is 49.6 Å². The highest BCUT2D eigenvalue weighted by atomic mass is 16.6. The first-order chi connectivity index (χ1) is 12.9. The van der Waals surface area contributed by atoms with Crippen molar-refractivity contribution in [3.8, 4) is 0 Å². The van der Waals surface area contributed by atoms with Crippen LogP contribution in [0, 0.1) is 5.92 Å². The van der Waals surface area contributed by atoms with Gasteiger partial charge in [0.15, 0.2) is 0 Å². The third kappa shape index (κ3) is 5.40. The third-order valence-corrected chi connectivity index (χ3v) is 4.82. The summed E-state index contributed by atoms with van der Waals surface area (Å²) < 4.78 is 16.3. The van der Waals surface area contributed by atoms with Gasteiger partial charge in [0, 0.05) is 19.1 Å². The van der Waals surface area contributed by atoms with Crippen LogP contribution in [-0.2, 0) is 23.8 Å². The van der Waals surface area contributed by atoms with E-state index < -0.39 is 30.1 Å². The number of ether oxygens (including phenoxy) is 3. The molecule has 2 rings (SSSR count). The normalized spacial score (nSPS) is 26.7. The molecule has 27 heavy (non-hydrogen) atoms. The highest BCUT2D eigenvalue weighted by molar-refractivity contribution is 5.92. The van der Waals surface area contributed by atoms with Gasteiger partial charge in [0.25, 0.3) is 0 Å². The average molecular weight is 376 g/mol. The zero-order chi connectivity index (χ0) is 20.0. The number of hydrogen-bond donors (Lipinski definition) is 1. The second-order valence-corrected chi connectivity index (χ2v) is 7.02. The molecule has 0 aromatic heterocycles. The number of carbonyl (C=O) groups is 2. The molecule has 3 atom stereocenters. The van der Waals surface area contributed by atoms with Crippen molar-refractivity contribution in [1.29, 1.82) is 0 Å². The molecule has 0 spiro atoms. The summed E-state index contributed by atoms with van der Waals surface area (Å²) in [4.78, 5) is 24.7. The maximum Gasteiger partial charge on any atom is 0.336 e. The lowest BCUT2D eigenvalue weighted by atomic mass is 9.85. The Bertz CT molecular complexity index is 685. The summed E-state index contributed by atoms with van der Waals surface area (Å²) in [5.41, 5.74) is 2.74. The summed E-state index contributed by atoms with van der Waals surface area (Å²) in [5, 5.41) is 9.13. The summed E-state index contributed by atoms with van der Waals surface area (Å²) in [5.74, 6) is -1.48. The van der Waals surface area contributed by atoms with Crippen molar-refractivity contribution in [2.45, 2.75) is 45.3 Å². The van der Waals surface area contributed by atoms with Gasteiger partial charge < -0.3 is 19.3 Å². The van der Waals surface area contributed by atoms with Crippen LogP contribution in [0.25, 0.3) is 0 Å². The molecule has 0 aromatic rings. The van der Waals surface area contributed by atoms with Crippen molar-refractivity contribution in [2.75, 3.05) is 20.3 Å². The van der Waals surface area contributed by atoms with E-state index in [1.165, 1.54) is 13.2 Å². The van der Waals surface area contributed by atoms with Gasteiger partial charge in [-0.15, -0.1) is 0 Å². The number of rotatable bonds is 5. The number of carbonyl (C=O) groups excluding carboxylic acids is 2. The Balaban J connectivity index is 2.35. The van der Waals surface area contributed by atoms with E-state index in [2.05, 4.69) is 12.7 Å². The van der Waals surface area contributed by atoms with E-state index in [4.69, 9.17) is 19.3 Å². The number of allylic oxidation sites excluding steroid dienone is 2. The predicted molar refractivity (Wildman–Crippen MR) is 101 cm³/mol. The van der Waals surface area contributed by atoms with Crippen LogP contribution in [0.4, 0.5) is 0 Å². The van der Waals surface area contributed by atoms with Crippen LogP contribution >= 0.6 is 0 Å². The van der Waals surface area contributed by atoms with E-state index >= 15 is 0 Å². The smallest absolute Gasteiger partial charge is 0.336 e. The Labute approximate surface area is 160 Å². The quantitative estimate of drug-likeness (QED) is 0.451. The maximum atomic E-state index is 12.6. The lowest BCUT2D eigenvalue weighted by Crippen LogP contribution is -2.34. The highest BCUT2D eigenvalue weighted by Crippen LogP contribution is 2.36. The molecule has 1 aliphatic carbocycles. The largest absolute Gasteiger partial charge is 0.458 e. The Kier molecular flexibility index (Phi) is 7.56. The summed E-state index contributed by atoms with van der Waals surface area (Å²) in [6.07, 6.45) is 6.55. The van der Waals surface area contributed by atoms with Crippen molar-refractivity contribution in [3.05, 3.63) is 47.1 Å². The topological polar surface area (TPSA) is 82.1 Å². The first kappa shape index (κ1) is 21.1. The summed E-state index contributed by atoms with van der Waals surface area (Å²) in [6, 6.07) is 0. The Morgan fingerprint density at radius 2 is 2.15 bits per heavy atom.